The average Bonchev–Trinajstić information content (AvgIpc) is 2.10. The Hall–Kier alpha value is 0.210. The molecule has 3 heteroatoms. The third kappa shape index (κ3) is 7.29. The van der Waals surface area contributed by atoms with E-state index in [1.165, 1.54) is 6.42 Å². The van der Waals surface area contributed by atoms with E-state index in [1.54, 1.807) is 7.11 Å². The molecule has 0 saturated heterocycles. The molecule has 0 rings (SSSR count). The first kappa shape index (κ1) is 13.2. The first-order valence-electron chi connectivity index (χ1n) is 5.01. The van der Waals surface area contributed by atoms with Gasteiger partial charge < -0.3 is 4.74 Å². The second-order valence-corrected chi connectivity index (χ2v) is 3.90. The Labute approximate surface area is 87.2 Å². The highest BCUT2D eigenvalue weighted by atomic mass is 35.5. The largest absolute Gasteiger partial charge is 0.385 e. The Morgan fingerprint density at radius 1 is 1.23 bits per heavy atom. The maximum atomic E-state index is 5.71. The van der Waals surface area contributed by atoms with Crippen LogP contribution in [0.4, 0.5) is 0 Å². The number of methoxy groups -OCH3 is 1. The van der Waals surface area contributed by atoms with Crippen molar-refractivity contribution in [2.24, 2.45) is 0 Å². The van der Waals surface area contributed by atoms with E-state index in [2.05, 4.69) is 18.7 Å². The zero-order valence-corrected chi connectivity index (χ0v) is 9.81. The minimum Gasteiger partial charge on any atom is -0.385 e. The summed E-state index contributed by atoms with van der Waals surface area (Å²) >= 11 is 5.71. The van der Waals surface area contributed by atoms with Crippen LogP contribution in [0.5, 0.6) is 0 Å². The Morgan fingerprint density at radius 3 is 2.38 bits per heavy atom. The average molecular weight is 208 g/mol. The summed E-state index contributed by atoms with van der Waals surface area (Å²) in [6.45, 7) is 7.42. The monoisotopic (exact) mass is 207 g/mol. The SMILES string of the molecule is COCCCCN(CCCl)C(C)C. The molecule has 0 fully saturated rings. The minimum absolute atomic E-state index is 0.598. The summed E-state index contributed by atoms with van der Waals surface area (Å²) in [6.07, 6.45) is 2.34. The van der Waals surface area contributed by atoms with Gasteiger partial charge in [0.15, 0.2) is 0 Å². The quantitative estimate of drug-likeness (QED) is 0.448. The van der Waals surface area contributed by atoms with Crippen LogP contribution >= 0.6 is 11.6 Å². The maximum Gasteiger partial charge on any atom is 0.0462 e. The molecule has 0 aliphatic heterocycles. The predicted molar refractivity (Wildman–Crippen MR) is 58.5 cm³/mol. The van der Waals surface area contributed by atoms with Crippen LogP contribution in [0.1, 0.15) is 26.7 Å². The normalized spacial score (nSPS) is 11.5. The molecule has 0 aliphatic carbocycles. The van der Waals surface area contributed by atoms with Gasteiger partial charge in [0.1, 0.15) is 0 Å². The number of nitrogens with zero attached hydrogens (tertiary/aromatic N) is 1. The van der Waals surface area contributed by atoms with Gasteiger partial charge in [-0.1, -0.05) is 0 Å². The zero-order chi connectivity index (χ0) is 10.1. The van der Waals surface area contributed by atoms with Gasteiger partial charge in [0.25, 0.3) is 0 Å². The van der Waals surface area contributed by atoms with E-state index in [-0.39, 0.29) is 0 Å². The van der Waals surface area contributed by atoms with Crippen molar-refractivity contribution < 1.29 is 4.74 Å². The molecular formula is C10H22ClNO. The van der Waals surface area contributed by atoms with Crippen LogP contribution in [0.15, 0.2) is 0 Å². The van der Waals surface area contributed by atoms with E-state index in [4.69, 9.17) is 16.3 Å². The van der Waals surface area contributed by atoms with Crippen molar-refractivity contribution in [3.05, 3.63) is 0 Å². The number of unbranched alkanes of at least 4 members (excludes halogenated alkanes) is 1. The number of ether oxygens (including phenoxy) is 1. The lowest BCUT2D eigenvalue weighted by atomic mass is 10.2. The van der Waals surface area contributed by atoms with Crippen LogP contribution in [-0.2, 0) is 4.74 Å². The summed E-state index contributed by atoms with van der Waals surface area (Å²) < 4.78 is 5.00. The molecule has 0 aromatic heterocycles. The summed E-state index contributed by atoms with van der Waals surface area (Å²) in [5, 5.41) is 0. The number of rotatable bonds is 8. The van der Waals surface area contributed by atoms with E-state index in [0.29, 0.717) is 6.04 Å². The molecule has 0 aliphatic rings. The lowest BCUT2D eigenvalue weighted by molar-refractivity contribution is 0.177. The van der Waals surface area contributed by atoms with Gasteiger partial charge >= 0.3 is 0 Å². The van der Waals surface area contributed by atoms with Gasteiger partial charge in [0.2, 0.25) is 0 Å². The Bertz CT molecular complexity index is 109. The summed E-state index contributed by atoms with van der Waals surface area (Å²) in [5.74, 6) is 0.725. The van der Waals surface area contributed by atoms with Gasteiger partial charge in [-0.25, -0.2) is 0 Å². The standard InChI is InChI=1S/C10H22ClNO/c1-10(2)12(8-6-11)7-4-5-9-13-3/h10H,4-9H2,1-3H3. The molecule has 0 amide bonds. The summed E-state index contributed by atoms with van der Waals surface area (Å²) in [5.41, 5.74) is 0. The van der Waals surface area contributed by atoms with Crippen LogP contribution in [-0.4, -0.2) is 43.6 Å². The van der Waals surface area contributed by atoms with Crippen LogP contribution in [0, 0.1) is 0 Å². The molecule has 0 spiro atoms. The smallest absolute Gasteiger partial charge is 0.0462 e. The topological polar surface area (TPSA) is 12.5 Å². The van der Waals surface area contributed by atoms with Crippen LogP contribution < -0.4 is 0 Å². The number of alkyl halides is 1. The third-order valence-electron chi connectivity index (χ3n) is 2.15. The maximum absolute atomic E-state index is 5.71. The summed E-state index contributed by atoms with van der Waals surface area (Å²) in [7, 11) is 1.75. The van der Waals surface area contributed by atoms with Crippen molar-refractivity contribution in [1.82, 2.24) is 4.90 Å². The molecule has 0 atom stereocenters. The fourth-order valence-corrected chi connectivity index (χ4v) is 1.52. The van der Waals surface area contributed by atoms with Crippen LogP contribution in [0.25, 0.3) is 0 Å². The fourth-order valence-electron chi connectivity index (χ4n) is 1.30. The summed E-state index contributed by atoms with van der Waals surface area (Å²) in [4.78, 5) is 2.41. The van der Waals surface area contributed by atoms with Crippen molar-refractivity contribution >= 4 is 11.6 Å². The van der Waals surface area contributed by atoms with E-state index in [9.17, 15) is 0 Å². The molecule has 0 radical (unpaired) electrons. The molecule has 0 bridgehead atoms. The molecule has 0 heterocycles. The molecular weight excluding hydrogens is 186 g/mol. The minimum atomic E-state index is 0.598. The van der Waals surface area contributed by atoms with Crippen molar-refractivity contribution in [1.29, 1.82) is 0 Å². The van der Waals surface area contributed by atoms with Crippen molar-refractivity contribution in [2.75, 3.05) is 32.7 Å². The Morgan fingerprint density at radius 2 is 1.92 bits per heavy atom. The van der Waals surface area contributed by atoms with Gasteiger partial charge in [-0.15, -0.1) is 11.6 Å². The van der Waals surface area contributed by atoms with Crippen molar-refractivity contribution in [2.45, 2.75) is 32.7 Å². The Kier molecular flexibility index (Phi) is 8.93. The highest BCUT2D eigenvalue weighted by Crippen LogP contribution is 2.02. The van der Waals surface area contributed by atoms with E-state index < -0.39 is 0 Å². The number of halogens is 1. The molecule has 0 saturated carbocycles. The highest BCUT2D eigenvalue weighted by molar-refractivity contribution is 6.18. The van der Waals surface area contributed by atoms with Crippen molar-refractivity contribution in [3.63, 3.8) is 0 Å². The summed E-state index contributed by atoms with van der Waals surface area (Å²) in [6, 6.07) is 0.598. The van der Waals surface area contributed by atoms with Crippen LogP contribution in [0.3, 0.4) is 0 Å². The van der Waals surface area contributed by atoms with E-state index in [0.717, 1.165) is 32.0 Å². The van der Waals surface area contributed by atoms with E-state index >= 15 is 0 Å². The number of hydrogen-bond donors (Lipinski definition) is 0. The zero-order valence-electron chi connectivity index (χ0n) is 9.05. The predicted octanol–water partition coefficient (Wildman–Crippen LogP) is 2.36. The second-order valence-electron chi connectivity index (χ2n) is 3.52. The first-order valence-corrected chi connectivity index (χ1v) is 5.54. The molecule has 0 N–H and O–H groups in total. The van der Waals surface area contributed by atoms with Crippen molar-refractivity contribution in [3.8, 4) is 0 Å². The van der Waals surface area contributed by atoms with Gasteiger partial charge in [-0.05, 0) is 33.2 Å². The molecule has 13 heavy (non-hydrogen) atoms. The van der Waals surface area contributed by atoms with Crippen LogP contribution in [0.2, 0.25) is 0 Å². The molecule has 2 nitrogen and oxygen atoms in total. The van der Waals surface area contributed by atoms with Gasteiger partial charge in [-0.3, -0.25) is 4.90 Å². The van der Waals surface area contributed by atoms with E-state index in [1.807, 2.05) is 0 Å². The number of hydrogen-bond acceptors (Lipinski definition) is 2. The van der Waals surface area contributed by atoms with Gasteiger partial charge in [-0.2, -0.15) is 0 Å². The molecule has 0 aromatic carbocycles. The fraction of sp³-hybridized carbons (Fsp3) is 1.00. The lowest BCUT2D eigenvalue weighted by Gasteiger charge is -2.25. The third-order valence-corrected chi connectivity index (χ3v) is 2.31. The lowest BCUT2D eigenvalue weighted by Crippen LogP contribution is -2.33. The second kappa shape index (κ2) is 8.79. The highest BCUT2D eigenvalue weighted by Gasteiger charge is 2.07. The molecule has 80 valence electrons. The Balaban J connectivity index is 3.45. The molecule has 0 unspecified atom stereocenters. The van der Waals surface area contributed by atoms with Gasteiger partial charge in [0, 0.05) is 32.2 Å². The van der Waals surface area contributed by atoms with Gasteiger partial charge in [0.05, 0.1) is 0 Å². The molecule has 0 aromatic rings. The first-order chi connectivity index (χ1) is 6.22.